The van der Waals surface area contributed by atoms with Crippen LogP contribution in [-0.2, 0) is 16.4 Å². The molecule has 8 heteroatoms. The lowest BCUT2D eigenvalue weighted by Gasteiger charge is -2.00. The first-order chi connectivity index (χ1) is 7.43. The maximum absolute atomic E-state index is 11.4. The van der Waals surface area contributed by atoms with Crippen LogP contribution < -0.4 is 5.56 Å². The molecule has 86 valence electrons. The van der Waals surface area contributed by atoms with E-state index in [2.05, 4.69) is 9.97 Å². The van der Waals surface area contributed by atoms with E-state index in [-0.39, 0.29) is 9.04 Å². The Bertz CT molecular complexity index is 699. The van der Waals surface area contributed by atoms with Gasteiger partial charge in [0.25, 0.3) is 5.56 Å². The molecule has 0 radical (unpaired) electrons. The fourth-order valence-corrected chi connectivity index (χ4v) is 3.06. The highest BCUT2D eigenvalue weighted by Crippen LogP contribution is 2.21. The highest BCUT2D eigenvalue weighted by atomic mass is 32.2. The zero-order chi connectivity index (χ0) is 11.9. The average molecular weight is 259 g/mol. The molecule has 16 heavy (non-hydrogen) atoms. The van der Waals surface area contributed by atoms with Crippen molar-refractivity contribution in [3.63, 3.8) is 0 Å². The van der Waals surface area contributed by atoms with E-state index in [9.17, 15) is 13.2 Å². The highest BCUT2D eigenvalue weighted by molar-refractivity contribution is 7.92. The fraction of sp³-hybridized carbons (Fsp3) is 0.375. The van der Waals surface area contributed by atoms with Gasteiger partial charge in [0.15, 0.2) is 5.65 Å². The SMILES string of the molecule is CCn1cnc(=O)c2sc(S(C)(=O)=O)nc21. The number of aryl methyl sites for hydroxylation is 1. The van der Waals surface area contributed by atoms with Crippen molar-refractivity contribution in [2.45, 2.75) is 17.8 Å². The van der Waals surface area contributed by atoms with E-state index in [1.165, 1.54) is 6.33 Å². The smallest absolute Gasteiger partial charge is 0.292 e. The van der Waals surface area contributed by atoms with Gasteiger partial charge in [-0.15, -0.1) is 0 Å². The molecule has 2 rings (SSSR count). The van der Waals surface area contributed by atoms with Crippen molar-refractivity contribution in [2.75, 3.05) is 6.26 Å². The van der Waals surface area contributed by atoms with Crippen LogP contribution in [-0.4, -0.2) is 29.2 Å². The number of hydrogen-bond acceptors (Lipinski definition) is 6. The predicted molar refractivity (Wildman–Crippen MR) is 60.5 cm³/mol. The molecule has 2 aromatic rings. The van der Waals surface area contributed by atoms with Crippen LogP contribution in [0.4, 0.5) is 0 Å². The lowest BCUT2D eigenvalue weighted by atomic mass is 10.5. The van der Waals surface area contributed by atoms with Gasteiger partial charge in [0.05, 0.1) is 0 Å². The second-order valence-corrected chi connectivity index (χ2v) is 6.43. The van der Waals surface area contributed by atoms with Crippen molar-refractivity contribution in [3.05, 3.63) is 16.7 Å². The van der Waals surface area contributed by atoms with Gasteiger partial charge in [0, 0.05) is 12.8 Å². The topological polar surface area (TPSA) is 81.9 Å². The Kier molecular flexibility index (Phi) is 2.55. The van der Waals surface area contributed by atoms with Crippen LogP contribution in [0.1, 0.15) is 6.92 Å². The zero-order valence-corrected chi connectivity index (χ0v) is 10.3. The Labute approximate surface area is 95.5 Å². The molecule has 6 nitrogen and oxygen atoms in total. The largest absolute Gasteiger partial charge is 0.316 e. The molecule has 0 aliphatic heterocycles. The number of aromatic nitrogens is 3. The van der Waals surface area contributed by atoms with Crippen molar-refractivity contribution in [1.82, 2.24) is 14.5 Å². The number of thiazole rings is 1. The molecule has 0 saturated heterocycles. The standard InChI is InChI=1S/C8H9N3O3S2/c1-3-11-4-9-7(12)5-6(11)10-8(15-5)16(2,13)14/h4H,3H2,1-2H3. The van der Waals surface area contributed by atoms with Crippen LogP contribution >= 0.6 is 11.3 Å². The molecule has 0 aromatic carbocycles. The second kappa shape index (κ2) is 3.63. The minimum Gasteiger partial charge on any atom is -0.316 e. The maximum Gasteiger partial charge on any atom is 0.292 e. The summed E-state index contributed by atoms with van der Waals surface area (Å²) >= 11 is 0.865. The number of sulfone groups is 1. The monoisotopic (exact) mass is 259 g/mol. The van der Waals surface area contributed by atoms with Crippen molar-refractivity contribution in [2.24, 2.45) is 0 Å². The Hall–Kier alpha value is -1.28. The van der Waals surface area contributed by atoms with Gasteiger partial charge in [0.1, 0.15) is 11.0 Å². The van der Waals surface area contributed by atoms with Gasteiger partial charge < -0.3 is 4.57 Å². The van der Waals surface area contributed by atoms with E-state index in [0.717, 1.165) is 17.6 Å². The van der Waals surface area contributed by atoms with Crippen molar-refractivity contribution in [1.29, 1.82) is 0 Å². The van der Waals surface area contributed by atoms with E-state index in [4.69, 9.17) is 0 Å². The summed E-state index contributed by atoms with van der Waals surface area (Å²) in [4.78, 5) is 19.1. The molecule has 0 amide bonds. The summed E-state index contributed by atoms with van der Waals surface area (Å²) in [7, 11) is -3.38. The van der Waals surface area contributed by atoms with Crippen LogP contribution in [0.3, 0.4) is 0 Å². The fourth-order valence-electron chi connectivity index (χ4n) is 1.25. The maximum atomic E-state index is 11.4. The molecule has 0 aliphatic rings. The minimum absolute atomic E-state index is 0.0465. The molecule has 0 unspecified atom stereocenters. The van der Waals surface area contributed by atoms with E-state index < -0.39 is 15.4 Å². The van der Waals surface area contributed by atoms with Gasteiger partial charge in [-0.25, -0.2) is 13.4 Å². The van der Waals surface area contributed by atoms with Crippen LogP contribution in [0, 0.1) is 0 Å². The third-order valence-electron chi connectivity index (χ3n) is 2.03. The first-order valence-electron chi connectivity index (χ1n) is 4.49. The van der Waals surface area contributed by atoms with E-state index in [1.807, 2.05) is 6.92 Å². The summed E-state index contributed by atoms with van der Waals surface area (Å²) in [6.07, 6.45) is 2.44. The zero-order valence-electron chi connectivity index (χ0n) is 8.67. The molecular formula is C8H9N3O3S2. The summed E-state index contributed by atoms with van der Waals surface area (Å²) in [5.74, 6) is 0. The Morgan fingerprint density at radius 2 is 2.19 bits per heavy atom. The normalized spacial score (nSPS) is 12.1. The third kappa shape index (κ3) is 1.74. The first-order valence-corrected chi connectivity index (χ1v) is 7.20. The van der Waals surface area contributed by atoms with Gasteiger partial charge in [-0.05, 0) is 6.92 Å². The predicted octanol–water partition coefficient (Wildman–Crippen LogP) is 0.276. The summed E-state index contributed by atoms with van der Waals surface area (Å²) in [6.45, 7) is 2.45. The number of nitrogens with zero attached hydrogens (tertiary/aromatic N) is 3. The third-order valence-corrected chi connectivity index (χ3v) is 4.74. The van der Waals surface area contributed by atoms with Crippen LogP contribution in [0.5, 0.6) is 0 Å². The Balaban J connectivity index is 2.89. The molecule has 0 saturated carbocycles. The quantitative estimate of drug-likeness (QED) is 0.773. The Morgan fingerprint density at radius 3 is 2.75 bits per heavy atom. The lowest BCUT2D eigenvalue weighted by Crippen LogP contribution is -2.10. The van der Waals surface area contributed by atoms with E-state index in [1.54, 1.807) is 4.57 Å². The number of hydrogen-bond donors (Lipinski definition) is 0. The van der Waals surface area contributed by atoms with Crippen LogP contribution in [0.15, 0.2) is 15.5 Å². The molecule has 0 spiro atoms. The van der Waals surface area contributed by atoms with E-state index >= 15 is 0 Å². The van der Waals surface area contributed by atoms with Gasteiger partial charge in [-0.2, -0.15) is 4.98 Å². The number of rotatable bonds is 2. The lowest BCUT2D eigenvalue weighted by molar-refractivity contribution is 0.601. The van der Waals surface area contributed by atoms with Crippen molar-refractivity contribution in [3.8, 4) is 0 Å². The molecular weight excluding hydrogens is 250 g/mol. The van der Waals surface area contributed by atoms with Crippen LogP contribution in [0.25, 0.3) is 10.3 Å². The molecule has 0 atom stereocenters. The van der Waals surface area contributed by atoms with Gasteiger partial charge in [0.2, 0.25) is 14.2 Å². The molecule has 2 heterocycles. The van der Waals surface area contributed by atoms with Crippen molar-refractivity contribution < 1.29 is 8.42 Å². The molecule has 2 aromatic heterocycles. The molecule has 0 aliphatic carbocycles. The van der Waals surface area contributed by atoms with Crippen molar-refractivity contribution >= 4 is 31.5 Å². The van der Waals surface area contributed by atoms with Gasteiger partial charge >= 0.3 is 0 Å². The second-order valence-electron chi connectivity index (χ2n) is 3.24. The number of fused-ring (bicyclic) bond motifs is 1. The highest BCUT2D eigenvalue weighted by Gasteiger charge is 2.17. The van der Waals surface area contributed by atoms with Gasteiger partial charge in [-0.3, -0.25) is 4.79 Å². The van der Waals surface area contributed by atoms with Gasteiger partial charge in [-0.1, -0.05) is 11.3 Å². The molecule has 0 fully saturated rings. The molecule has 0 N–H and O–H groups in total. The van der Waals surface area contributed by atoms with Crippen LogP contribution in [0.2, 0.25) is 0 Å². The molecule has 0 bridgehead atoms. The Morgan fingerprint density at radius 1 is 1.50 bits per heavy atom. The summed E-state index contributed by atoms with van der Waals surface area (Å²) < 4.78 is 24.5. The summed E-state index contributed by atoms with van der Waals surface area (Å²) in [5.41, 5.74) is -0.0555. The first kappa shape index (κ1) is 11.2. The van der Waals surface area contributed by atoms with E-state index in [0.29, 0.717) is 12.2 Å². The average Bonchev–Trinajstić information content (AvgIpc) is 2.63. The summed E-state index contributed by atoms with van der Waals surface area (Å²) in [6, 6.07) is 0. The minimum atomic E-state index is -3.38. The summed E-state index contributed by atoms with van der Waals surface area (Å²) in [5, 5.41) is 0.